The van der Waals surface area contributed by atoms with Gasteiger partial charge in [-0.05, 0) is 25.0 Å². The van der Waals surface area contributed by atoms with Gasteiger partial charge in [-0.15, -0.1) is 35.3 Å². The third kappa shape index (κ3) is 9.20. The van der Waals surface area contributed by atoms with Crippen molar-refractivity contribution in [3.05, 3.63) is 45.4 Å². The standard InChI is InChI=1S/C19H25F3N4OS.HI/c1-4-15-11-25-17(28-15)7-8-24-18(23-3)26-10-14-6-5-13(2)9-16(14)27-12-19(20,21)22;/h5-6,9,11H,4,7-8,10,12H2,1-3H3,(H2,23,24,26);1H. The van der Waals surface area contributed by atoms with E-state index < -0.39 is 12.8 Å². The first-order chi connectivity index (χ1) is 13.3. The van der Waals surface area contributed by atoms with Gasteiger partial charge in [0.05, 0.1) is 5.01 Å². The third-order valence-electron chi connectivity index (χ3n) is 3.87. The number of hydrogen-bond acceptors (Lipinski definition) is 4. The molecule has 0 aliphatic carbocycles. The van der Waals surface area contributed by atoms with Gasteiger partial charge in [-0.2, -0.15) is 13.2 Å². The van der Waals surface area contributed by atoms with E-state index in [0.29, 0.717) is 24.6 Å². The van der Waals surface area contributed by atoms with Gasteiger partial charge in [-0.1, -0.05) is 19.1 Å². The molecule has 1 aromatic heterocycles. The van der Waals surface area contributed by atoms with E-state index in [1.807, 2.05) is 12.3 Å². The second-order valence-corrected chi connectivity index (χ2v) is 7.39. The molecule has 0 aliphatic heterocycles. The van der Waals surface area contributed by atoms with Gasteiger partial charge in [-0.25, -0.2) is 4.98 Å². The van der Waals surface area contributed by atoms with Gasteiger partial charge in [0.15, 0.2) is 12.6 Å². The molecule has 0 saturated carbocycles. The Hall–Kier alpha value is -1.56. The molecule has 2 aromatic rings. The van der Waals surface area contributed by atoms with Crippen molar-refractivity contribution in [1.29, 1.82) is 0 Å². The molecule has 0 spiro atoms. The Kier molecular flexibility index (Phi) is 10.7. The van der Waals surface area contributed by atoms with Crippen LogP contribution in [0.1, 0.15) is 27.9 Å². The minimum Gasteiger partial charge on any atom is -0.484 e. The van der Waals surface area contributed by atoms with Crippen molar-refractivity contribution in [2.75, 3.05) is 20.2 Å². The maximum atomic E-state index is 12.5. The molecule has 0 bridgehead atoms. The quantitative estimate of drug-likeness (QED) is 0.294. The Balaban J connectivity index is 0.00000420. The first-order valence-corrected chi connectivity index (χ1v) is 9.79. The number of aryl methyl sites for hydroxylation is 2. The third-order valence-corrected chi connectivity index (χ3v) is 5.07. The summed E-state index contributed by atoms with van der Waals surface area (Å²) in [6.07, 6.45) is -0.730. The van der Waals surface area contributed by atoms with Crippen LogP contribution in [0.2, 0.25) is 0 Å². The number of halogens is 4. The summed E-state index contributed by atoms with van der Waals surface area (Å²) in [5.74, 6) is 0.782. The summed E-state index contributed by atoms with van der Waals surface area (Å²) >= 11 is 1.69. The number of rotatable bonds is 8. The minimum absolute atomic E-state index is 0. The van der Waals surface area contributed by atoms with Crippen LogP contribution in [0.4, 0.5) is 13.2 Å². The van der Waals surface area contributed by atoms with E-state index >= 15 is 0 Å². The van der Waals surface area contributed by atoms with E-state index in [-0.39, 0.29) is 29.7 Å². The maximum Gasteiger partial charge on any atom is 0.422 e. The number of benzene rings is 1. The van der Waals surface area contributed by atoms with Crippen LogP contribution >= 0.6 is 35.3 Å². The predicted molar refractivity (Wildman–Crippen MR) is 122 cm³/mol. The van der Waals surface area contributed by atoms with Crippen LogP contribution < -0.4 is 15.4 Å². The fraction of sp³-hybridized carbons (Fsp3) is 0.474. The molecule has 0 radical (unpaired) electrons. The number of nitrogens with zero attached hydrogens (tertiary/aromatic N) is 2. The zero-order chi connectivity index (χ0) is 20.6. The Morgan fingerprint density at radius 1 is 1.28 bits per heavy atom. The lowest BCUT2D eigenvalue weighted by Gasteiger charge is -2.16. The number of thiazole rings is 1. The maximum absolute atomic E-state index is 12.5. The highest BCUT2D eigenvalue weighted by Crippen LogP contribution is 2.23. The molecule has 0 fully saturated rings. The highest BCUT2D eigenvalue weighted by atomic mass is 127. The second kappa shape index (κ2) is 12.2. The number of alkyl halides is 3. The molecule has 1 heterocycles. The van der Waals surface area contributed by atoms with Crippen LogP contribution in [0.25, 0.3) is 0 Å². The number of aromatic nitrogens is 1. The van der Waals surface area contributed by atoms with Crippen molar-refractivity contribution in [1.82, 2.24) is 15.6 Å². The van der Waals surface area contributed by atoms with Gasteiger partial charge in [0.2, 0.25) is 0 Å². The molecule has 0 unspecified atom stereocenters. The lowest BCUT2D eigenvalue weighted by Crippen LogP contribution is -2.38. The highest BCUT2D eigenvalue weighted by molar-refractivity contribution is 14.0. The summed E-state index contributed by atoms with van der Waals surface area (Å²) in [5, 5.41) is 7.35. The van der Waals surface area contributed by atoms with Crippen molar-refractivity contribution < 1.29 is 17.9 Å². The molecule has 2 rings (SSSR count). The second-order valence-electron chi connectivity index (χ2n) is 6.19. The van der Waals surface area contributed by atoms with E-state index in [2.05, 4.69) is 27.5 Å². The van der Waals surface area contributed by atoms with E-state index in [1.54, 1.807) is 37.4 Å². The van der Waals surface area contributed by atoms with Crippen molar-refractivity contribution in [3.8, 4) is 5.75 Å². The molecule has 0 aliphatic rings. The van der Waals surface area contributed by atoms with Gasteiger partial charge >= 0.3 is 6.18 Å². The summed E-state index contributed by atoms with van der Waals surface area (Å²) in [7, 11) is 1.64. The van der Waals surface area contributed by atoms with Crippen LogP contribution in [-0.4, -0.2) is 37.3 Å². The summed E-state index contributed by atoms with van der Waals surface area (Å²) in [6.45, 7) is 3.54. The number of ether oxygens (including phenoxy) is 1. The summed E-state index contributed by atoms with van der Waals surface area (Å²) in [6, 6.07) is 5.19. The largest absolute Gasteiger partial charge is 0.484 e. The zero-order valence-corrected chi connectivity index (χ0v) is 19.7. The van der Waals surface area contributed by atoms with Gasteiger partial charge in [-0.3, -0.25) is 4.99 Å². The molecule has 0 saturated heterocycles. The topological polar surface area (TPSA) is 58.5 Å². The monoisotopic (exact) mass is 542 g/mol. The lowest BCUT2D eigenvalue weighted by molar-refractivity contribution is -0.153. The van der Waals surface area contributed by atoms with Crippen molar-refractivity contribution >= 4 is 41.3 Å². The fourth-order valence-corrected chi connectivity index (χ4v) is 3.28. The van der Waals surface area contributed by atoms with E-state index in [9.17, 15) is 13.2 Å². The smallest absolute Gasteiger partial charge is 0.422 e. The highest BCUT2D eigenvalue weighted by Gasteiger charge is 2.28. The van der Waals surface area contributed by atoms with Gasteiger partial charge < -0.3 is 15.4 Å². The van der Waals surface area contributed by atoms with E-state index in [1.165, 1.54) is 4.88 Å². The van der Waals surface area contributed by atoms with Crippen molar-refractivity contribution in [2.24, 2.45) is 4.99 Å². The predicted octanol–water partition coefficient (Wildman–Crippen LogP) is 4.48. The minimum atomic E-state index is -4.38. The number of guanidine groups is 1. The van der Waals surface area contributed by atoms with E-state index in [0.717, 1.165) is 23.4 Å². The molecule has 0 amide bonds. The van der Waals surface area contributed by atoms with Crippen molar-refractivity contribution in [3.63, 3.8) is 0 Å². The number of nitrogens with one attached hydrogen (secondary N) is 2. The molecule has 29 heavy (non-hydrogen) atoms. The SMILES string of the molecule is CCc1cnc(CCNC(=NC)NCc2ccc(C)cc2OCC(F)(F)F)s1.I. The molecule has 2 N–H and O–H groups in total. The molecule has 162 valence electrons. The molecule has 10 heteroatoms. The Bertz CT molecular complexity index is 796. The van der Waals surface area contributed by atoms with Gasteiger partial charge in [0.1, 0.15) is 5.75 Å². The summed E-state index contributed by atoms with van der Waals surface area (Å²) < 4.78 is 42.4. The van der Waals surface area contributed by atoms with Crippen molar-refractivity contribution in [2.45, 2.75) is 39.4 Å². The van der Waals surface area contributed by atoms with Crippen LogP contribution in [0, 0.1) is 6.92 Å². The van der Waals surface area contributed by atoms with Crippen LogP contribution in [-0.2, 0) is 19.4 Å². The van der Waals surface area contributed by atoms with Crippen LogP contribution in [0.15, 0.2) is 29.4 Å². The molecular formula is C19H26F3IN4OS. The summed E-state index contributed by atoms with van der Waals surface area (Å²) in [5.41, 5.74) is 1.46. The Morgan fingerprint density at radius 3 is 2.66 bits per heavy atom. The molecule has 1 aromatic carbocycles. The first kappa shape index (κ1) is 25.5. The molecular weight excluding hydrogens is 516 g/mol. The van der Waals surface area contributed by atoms with Crippen LogP contribution in [0.3, 0.4) is 0 Å². The van der Waals surface area contributed by atoms with Gasteiger partial charge in [0, 0.05) is 43.2 Å². The first-order valence-electron chi connectivity index (χ1n) is 8.98. The fourth-order valence-electron chi connectivity index (χ4n) is 2.42. The van der Waals surface area contributed by atoms with Gasteiger partial charge in [0.25, 0.3) is 0 Å². The average Bonchev–Trinajstić information content (AvgIpc) is 3.11. The normalized spacial score (nSPS) is 11.7. The number of hydrogen-bond donors (Lipinski definition) is 2. The average molecular weight is 542 g/mol. The number of aliphatic imine (C=N–C) groups is 1. The lowest BCUT2D eigenvalue weighted by atomic mass is 10.1. The Labute approximate surface area is 190 Å². The molecule has 0 atom stereocenters. The summed E-state index contributed by atoms with van der Waals surface area (Å²) in [4.78, 5) is 9.77. The molecule has 5 nitrogen and oxygen atoms in total. The zero-order valence-electron chi connectivity index (χ0n) is 16.6. The van der Waals surface area contributed by atoms with Crippen LogP contribution in [0.5, 0.6) is 5.75 Å². The Morgan fingerprint density at radius 2 is 2.03 bits per heavy atom. The van der Waals surface area contributed by atoms with E-state index in [4.69, 9.17) is 4.74 Å².